The molecule has 1 aromatic carbocycles. The van der Waals surface area contributed by atoms with Gasteiger partial charge in [0.1, 0.15) is 5.75 Å². The lowest BCUT2D eigenvalue weighted by Gasteiger charge is -2.38. The molecular weight excluding hydrogens is 384 g/mol. The number of ether oxygens (including phenoxy) is 1. The third kappa shape index (κ3) is 3.98. The van der Waals surface area contributed by atoms with Gasteiger partial charge in [-0.3, -0.25) is 19.4 Å². The van der Waals surface area contributed by atoms with Crippen molar-refractivity contribution in [2.24, 2.45) is 11.7 Å². The van der Waals surface area contributed by atoms with Crippen LogP contribution >= 0.6 is 0 Å². The number of anilines is 1. The fraction of sp³-hybridized carbons (Fsp3) is 0.364. The monoisotopic (exact) mass is 408 g/mol. The number of carbonyl (C=O) groups excluding carboxylic acids is 3. The predicted octanol–water partition coefficient (Wildman–Crippen LogP) is 2.05. The van der Waals surface area contributed by atoms with Crippen LogP contribution in [0.2, 0.25) is 0 Å². The Hall–Kier alpha value is -3.42. The molecule has 3 heterocycles. The summed E-state index contributed by atoms with van der Waals surface area (Å²) in [4.78, 5) is 42.6. The van der Waals surface area contributed by atoms with Gasteiger partial charge >= 0.3 is 11.8 Å². The molecule has 0 bridgehead atoms. The second-order valence-electron chi connectivity index (χ2n) is 7.90. The van der Waals surface area contributed by atoms with Gasteiger partial charge in [-0.25, -0.2) is 0 Å². The molecule has 0 unspecified atom stereocenters. The highest BCUT2D eigenvalue weighted by Crippen LogP contribution is 2.37. The number of nitrogens with two attached hydrogens (primary N) is 1. The first-order chi connectivity index (χ1) is 14.4. The lowest BCUT2D eigenvalue weighted by molar-refractivity contribution is -0.146. The number of aromatic nitrogens is 1. The van der Waals surface area contributed by atoms with Gasteiger partial charge in [0.05, 0.1) is 30.1 Å². The van der Waals surface area contributed by atoms with E-state index in [0.717, 1.165) is 30.6 Å². The number of nitrogens with zero attached hydrogens (tertiary/aromatic N) is 2. The van der Waals surface area contributed by atoms with Crippen LogP contribution in [0.3, 0.4) is 0 Å². The molecule has 2 aliphatic heterocycles. The van der Waals surface area contributed by atoms with Crippen molar-refractivity contribution in [1.82, 2.24) is 9.88 Å². The summed E-state index contributed by atoms with van der Waals surface area (Å²) in [7, 11) is 0. The summed E-state index contributed by atoms with van der Waals surface area (Å²) in [6.07, 6.45) is 5.31. The van der Waals surface area contributed by atoms with E-state index in [9.17, 15) is 14.4 Å². The second-order valence-corrected chi connectivity index (χ2v) is 7.90. The number of amides is 3. The fourth-order valence-electron chi connectivity index (χ4n) is 4.07. The minimum Gasteiger partial charge on any atom is -0.493 e. The van der Waals surface area contributed by atoms with Crippen LogP contribution in [-0.2, 0) is 16.0 Å². The lowest BCUT2D eigenvalue weighted by Crippen LogP contribution is -2.46. The van der Waals surface area contributed by atoms with Crippen molar-refractivity contribution >= 4 is 23.4 Å². The van der Waals surface area contributed by atoms with E-state index in [1.54, 1.807) is 4.90 Å². The molecule has 2 aliphatic rings. The van der Waals surface area contributed by atoms with Crippen molar-refractivity contribution in [2.45, 2.75) is 32.2 Å². The van der Waals surface area contributed by atoms with E-state index >= 15 is 0 Å². The van der Waals surface area contributed by atoms with Crippen LogP contribution in [0, 0.1) is 5.92 Å². The summed E-state index contributed by atoms with van der Waals surface area (Å²) in [5, 5.41) is 2.54. The zero-order valence-corrected chi connectivity index (χ0v) is 16.8. The molecule has 8 nitrogen and oxygen atoms in total. The summed E-state index contributed by atoms with van der Waals surface area (Å²) in [5.74, 6) is -0.887. The zero-order valence-electron chi connectivity index (χ0n) is 16.8. The molecule has 156 valence electrons. The molecule has 2 atom stereocenters. The average molecular weight is 408 g/mol. The minimum atomic E-state index is -0.769. The number of nitrogens with one attached hydrogen (secondary N) is 1. The number of rotatable bonds is 3. The normalized spacial score (nSPS) is 20.2. The van der Waals surface area contributed by atoms with Crippen LogP contribution in [-0.4, -0.2) is 40.8 Å². The van der Waals surface area contributed by atoms with Crippen LogP contribution < -0.4 is 15.8 Å². The first kappa shape index (κ1) is 19.9. The third-order valence-electron chi connectivity index (χ3n) is 5.66. The molecule has 4 rings (SSSR count). The molecular formula is C22H24N4O4. The van der Waals surface area contributed by atoms with Gasteiger partial charge in [-0.05, 0) is 42.0 Å². The topological polar surface area (TPSA) is 115 Å². The SMILES string of the molecule is C[C@@H]1CC[C@@H](c2ccc3c(c2)OCC3)N(C(=O)C(=O)Nc2cncc(C(N)=O)c2)C1. The van der Waals surface area contributed by atoms with E-state index in [1.165, 1.54) is 24.0 Å². The quantitative estimate of drug-likeness (QED) is 0.755. The van der Waals surface area contributed by atoms with Crippen molar-refractivity contribution in [1.29, 1.82) is 0 Å². The maximum Gasteiger partial charge on any atom is 0.313 e. The van der Waals surface area contributed by atoms with Gasteiger partial charge in [0.25, 0.3) is 0 Å². The molecule has 3 N–H and O–H groups in total. The Labute approximate surface area is 174 Å². The Bertz CT molecular complexity index is 1010. The maximum absolute atomic E-state index is 13.1. The molecule has 8 heteroatoms. The van der Waals surface area contributed by atoms with Crippen LogP contribution in [0.4, 0.5) is 5.69 Å². The summed E-state index contributed by atoms with van der Waals surface area (Å²) < 4.78 is 5.68. The van der Waals surface area contributed by atoms with E-state index in [4.69, 9.17) is 10.5 Å². The van der Waals surface area contributed by atoms with Gasteiger partial charge in [-0.15, -0.1) is 0 Å². The number of piperidine rings is 1. The summed E-state index contributed by atoms with van der Waals surface area (Å²) in [6, 6.07) is 7.26. The van der Waals surface area contributed by atoms with Gasteiger partial charge in [-0.2, -0.15) is 0 Å². The highest BCUT2D eigenvalue weighted by Gasteiger charge is 2.34. The number of benzene rings is 1. The largest absolute Gasteiger partial charge is 0.493 e. The van der Waals surface area contributed by atoms with Crippen molar-refractivity contribution in [3.63, 3.8) is 0 Å². The van der Waals surface area contributed by atoms with Crippen LogP contribution in [0.5, 0.6) is 5.75 Å². The number of hydrogen-bond acceptors (Lipinski definition) is 5. The van der Waals surface area contributed by atoms with Gasteiger partial charge < -0.3 is 20.7 Å². The van der Waals surface area contributed by atoms with Gasteiger partial charge in [-0.1, -0.05) is 19.1 Å². The fourth-order valence-corrected chi connectivity index (χ4v) is 4.07. The van der Waals surface area contributed by atoms with E-state index in [2.05, 4.69) is 17.2 Å². The molecule has 1 saturated heterocycles. The Morgan fingerprint density at radius 2 is 2.03 bits per heavy atom. The van der Waals surface area contributed by atoms with Crippen LogP contribution in [0.15, 0.2) is 36.7 Å². The molecule has 0 spiro atoms. The van der Waals surface area contributed by atoms with E-state index in [-0.39, 0.29) is 17.3 Å². The summed E-state index contributed by atoms with van der Waals surface area (Å²) >= 11 is 0. The van der Waals surface area contributed by atoms with E-state index in [1.807, 2.05) is 18.2 Å². The lowest BCUT2D eigenvalue weighted by atomic mass is 9.89. The minimum absolute atomic E-state index is 0.155. The average Bonchev–Trinajstić information content (AvgIpc) is 3.21. The number of carbonyl (C=O) groups is 3. The first-order valence-corrected chi connectivity index (χ1v) is 10.0. The molecule has 0 aliphatic carbocycles. The molecule has 0 radical (unpaired) electrons. The van der Waals surface area contributed by atoms with E-state index < -0.39 is 17.7 Å². The highest BCUT2D eigenvalue weighted by molar-refractivity contribution is 6.39. The third-order valence-corrected chi connectivity index (χ3v) is 5.66. The maximum atomic E-state index is 13.1. The van der Waals surface area contributed by atoms with Crippen LogP contribution in [0.1, 0.15) is 47.3 Å². The van der Waals surface area contributed by atoms with Crippen molar-refractivity contribution in [3.8, 4) is 5.75 Å². The summed E-state index contributed by atoms with van der Waals surface area (Å²) in [5.41, 5.74) is 7.79. The van der Waals surface area contributed by atoms with Crippen LogP contribution in [0.25, 0.3) is 0 Å². The number of primary amides is 1. The predicted molar refractivity (Wildman–Crippen MR) is 110 cm³/mol. The Morgan fingerprint density at radius 3 is 2.83 bits per heavy atom. The van der Waals surface area contributed by atoms with Gasteiger partial charge in [0.15, 0.2) is 0 Å². The van der Waals surface area contributed by atoms with Crippen molar-refractivity contribution in [2.75, 3.05) is 18.5 Å². The number of pyridine rings is 1. The van der Waals surface area contributed by atoms with Crippen molar-refractivity contribution in [3.05, 3.63) is 53.3 Å². The Morgan fingerprint density at radius 1 is 1.20 bits per heavy atom. The number of hydrogen-bond donors (Lipinski definition) is 2. The molecule has 30 heavy (non-hydrogen) atoms. The summed E-state index contributed by atoms with van der Waals surface area (Å²) in [6.45, 7) is 3.23. The zero-order chi connectivity index (χ0) is 21.3. The Kier molecular flexibility index (Phi) is 5.39. The van der Waals surface area contributed by atoms with Gasteiger partial charge in [0, 0.05) is 19.2 Å². The van der Waals surface area contributed by atoms with E-state index in [0.29, 0.717) is 19.1 Å². The standard InChI is InChI=1S/C22H24N4O4/c1-13-2-5-18(15-4-3-14-6-7-30-19(14)9-15)26(12-13)22(29)21(28)25-17-8-16(20(23)27)10-24-11-17/h3-4,8-11,13,18H,2,5-7,12H2,1H3,(H2,23,27)(H,25,28)/t13-,18+/m1/s1. The van der Waals surface area contributed by atoms with Gasteiger partial charge in [0.2, 0.25) is 5.91 Å². The number of likely N-dealkylation sites (tertiary alicyclic amines) is 1. The Balaban J connectivity index is 1.54. The second kappa shape index (κ2) is 8.14. The molecule has 2 aromatic rings. The number of fused-ring (bicyclic) bond motifs is 1. The molecule has 3 amide bonds. The smallest absolute Gasteiger partial charge is 0.313 e. The highest BCUT2D eigenvalue weighted by atomic mass is 16.5. The molecule has 0 saturated carbocycles. The van der Waals surface area contributed by atoms with Crippen molar-refractivity contribution < 1.29 is 19.1 Å². The molecule has 1 aromatic heterocycles. The first-order valence-electron chi connectivity index (χ1n) is 10.0. The molecule has 1 fully saturated rings.